The van der Waals surface area contributed by atoms with Gasteiger partial charge < -0.3 is 4.74 Å². The fourth-order valence-electron chi connectivity index (χ4n) is 2.31. The minimum absolute atomic E-state index is 0.345. The first-order valence-corrected chi connectivity index (χ1v) is 7.66. The number of benzene rings is 1. The maximum absolute atomic E-state index is 12.2. The van der Waals surface area contributed by atoms with Crippen LogP contribution in [0.15, 0.2) is 54.2 Å². The van der Waals surface area contributed by atoms with Gasteiger partial charge in [0.25, 0.3) is 6.04 Å². The first kappa shape index (κ1) is 14.0. The number of fused-ring (bicyclic) bond motifs is 1. The average Bonchev–Trinajstić information content (AvgIpc) is 2.97. The Morgan fingerprint density at radius 1 is 1.29 bits per heavy atom. The monoisotopic (exact) mass is 318 g/mol. The summed E-state index contributed by atoms with van der Waals surface area (Å²) >= 11 is 7.91. The molecule has 0 saturated heterocycles. The molecule has 0 bridgehead atoms. The molecule has 2 heterocycles. The maximum Gasteiger partial charge on any atom is 0.380 e. The molecule has 2 aromatic heterocycles. The molecule has 0 saturated carbocycles. The number of rotatable bonds is 3. The predicted molar refractivity (Wildman–Crippen MR) is 83.6 cm³/mol. The van der Waals surface area contributed by atoms with Crippen molar-refractivity contribution in [3.05, 3.63) is 64.8 Å². The summed E-state index contributed by atoms with van der Waals surface area (Å²) in [7, 11) is 1.38. The third-order valence-electron chi connectivity index (χ3n) is 3.34. The number of esters is 1. The second kappa shape index (κ2) is 5.84. The van der Waals surface area contributed by atoms with Crippen LogP contribution < -0.4 is 4.57 Å². The highest BCUT2D eigenvalue weighted by atomic mass is 35.5. The Bertz CT molecular complexity index is 800. The molecule has 0 aliphatic carbocycles. The molecule has 5 heteroatoms. The van der Waals surface area contributed by atoms with Gasteiger partial charge in [0.05, 0.1) is 23.1 Å². The van der Waals surface area contributed by atoms with Gasteiger partial charge in [-0.25, -0.2) is 4.79 Å². The van der Waals surface area contributed by atoms with Crippen LogP contribution in [0.5, 0.6) is 0 Å². The number of methoxy groups -OCH3 is 1. The summed E-state index contributed by atoms with van der Waals surface area (Å²) in [5, 5.41) is 3.66. The molecule has 0 N–H and O–H groups in total. The van der Waals surface area contributed by atoms with Gasteiger partial charge in [-0.05, 0) is 17.5 Å². The number of aromatic nitrogens is 1. The van der Waals surface area contributed by atoms with Crippen LogP contribution in [0, 0.1) is 0 Å². The van der Waals surface area contributed by atoms with Gasteiger partial charge in [0.15, 0.2) is 12.4 Å². The summed E-state index contributed by atoms with van der Waals surface area (Å²) in [6.45, 7) is 0. The normalized spacial score (nSPS) is 12.3. The van der Waals surface area contributed by atoms with Gasteiger partial charge in [-0.15, -0.1) is 11.3 Å². The van der Waals surface area contributed by atoms with Crippen LogP contribution >= 0.6 is 22.9 Å². The van der Waals surface area contributed by atoms with Gasteiger partial charge in [0.2, 0.25) is 0 Å². The Morgan fingerprint density at radius 3 is 2.86 bits per heavy atom. The fraction of sp³-hybridized carbons (Fsp3) is 0.125. The number of hydrogen-bond donors (Lipinski definition) is 0. The molecule has 0 radical (unpaired) electrons. The van der Waals surface area contributed by atoms with Gasteiger partial charge in [-0.3, -0.25) is 0 Å². The van der Waals surface area contributed by atoms with Gasteiger partial charge >= 0.3 is 5.97 Å². The molecule has 106 valence electrons. The van der Waals surface area contributed by atoms with Gasteiger partial charge in [0.1, 0.15) is 0 Å². The van der Waals surface area contributed by atoms with Crippen molar-refractivity contribution in [1.29, 1.82) is 0 Å². The molecule has 0 aliphatic rings. The van der Waals surface area contributed by atoms with Crippen LogP contribution in [0.4, 0.5) is 0 Å². The van der Waals surface area contributed by atoms with E-state index in [0.29, 0.717) is 5.02 Å². The van der Waals surface area contributed by atoms with E-state index in [-0.39, 0.29) is 5.97 Å². The van der Waals surface area contributed by atoms with Crippen LogP contribution in [0.25, 0.3) is 10.1 Å². The molecule has 0 unspecified atom stereocenters. The van der Waals surface area contributed by atoms with Crippen molar-refractivity contribution in [3.8, 4) is 0 Å². The van der Waals surface area contributed by atoms with E-state index in [9.17, 15) is 4.79 Å². The number of hydrogen-bond acceptors (Lipinski definition) is 3. The van der Waals surface area contributed by atoms with Crippen molar-refractivity contribution in [2.75, 3.05) is 7.11 Å². The van der Waals surface area contributed by atoms with E-state index in [1.54, 1.807) is 17.4 Å². The van der Waals surface area contributed by atoms with Crippen LogP contribution in [-0.2, 0) is 9.53 Å². The molecule has 3 aromatic rings. The fourth-order valence-corrected chi connectivity index (χ4v) is 3.31. The second-order valence-electron chi connectivity index (χ2n) is 4.58. The third kappa shape index (κ3) is 2.64. The van der Waals surface area contributed by atoms with Crippen molar-refractivity contribution >= 4 is 39.0 Å². The van der Waals surface area contributed by atoms with E-state index in [2.05, 4.69) is 0 Å². The number of nitrogens with zero attached hydrogens (tertiary/aromatic N) is 1. The SMILES string of the molecule is COC(=O)[C@H](c1ccccc1Cl)[n+]1ccc2sccc2c1. The Morgan fingerprint density at radius 2 is 2.10 bits per heavy atom. The van der Waals surface area contributed by atoms with Crippen molar-refractivity contribution in [2.45, 2.75) is 6.04 Å². The highest BCUT2D eigenvalue weighted by Gasteiger charge is 2.32. The van der Waals surface area contributed by atoms with Crippen LogP contribution in [0.3, 0.4) is 0 Å². The summed E-state index contributed by atoms with van der Waals surface area (Å²) in [5.41, 5.74) is 0.727. The second-order valence-corrected chi connectivity index (χ2v) is 5.93. The summed E-state index contributed by atoms with van der Waals surface area (Å²) < 4.78 is 7.96. The molecule has 1 aromatic carbocycles. The maximum atomic E-state index is 12.2. The van der Waals surface area contributed by atoms with E-state index < -0.39 is 6.04 Å². The summed E-state index contributed by atoms with van der Waals surface area (Å²) in [6.07, 6.45) is 3.82. The minimum atomic E-state index is -0.590. The molecule has 0 fully saturated rings. The molecule has 0 amide bonds. The Labute approximate surface area is 131 Å². The van der Waals surface area contributed by atoms with Crippen molar-refractivity contribution in [2.24, 2.45) is 0 Å². The van der Waals surface area contributed by atoms with Gasteiger partial charge in [0, 0.05) is 10.8 Å². The lowest BCUT2D eigenvalue weighted by atomic mass is 10.1. The first-order valence-electron chi connectivity index (χ1n) is 6.41. The lowest BCUT2D eigenvalue weighted by molar-refractivity contribution is -0.700. The van der Waals surface area contributed by atoms with Gasteiger partial charge in [-0.1, -0.05) is 29.8 Å². The largest absolute Gasteiger partial charge is 0.464 e. The minimum Gasteiger partial charge on any atom is -0.464 e. The van der Waals surface area contributed by atoms with Crippen molar-refractivity contribution in [3.63, 3.8) is 0 Å². The average molecular weight is 319 g/mol. The summed E-state index contributed by atoms with van der Waals surface area (Å²) in [5.74, 6) is -0.345. The topological polar surface area (TPSA) is 30.2 Å². The third-order valence-corrected chi connectivity index (χ3v) is 4.58. The van der Waals surface area contributed by atoms with Crippen molar-refractivity contribution < 1.29 is 14.1 Å². The van der Waals surface area contributed by atoms with E-state index in [0.717, 1.165) is 10.9 Å². The Balaban J connectivity index is 2.15. The highest BCUT2D eigenvalue weighted by molar-refractivity contribution is 7.17. The van der Waals surface area contributed by atoms with Gasteiger partial charge in [-0.2, -0.15) is 4.57 Å². The van der Waals surface area contributed by atoms with Crippen LogP contribution in [-0.4, -0.2) is 13.1 Å². The lowest BCUT2D eigenvalue weighted by Gasteiger charge is -2.12. The Kier molecular flexibility index (Phi) is 3.90. The zero-order valence-corrected chi connectivity index (χ0v) is 12.9. The van der Waals surface area contributed by atoms with E-state index in [1.807, 2.05) is 52.7 Å². The molecule has 3 nitrogen and oxygen atoms in total. The molecule has 3 rings (SSSR count). The molecule has 0 spiro atoms. The van der Waals surface area contributed by atoms with Crippen LogP contribution in [0.1, 0.15) is 11.6 Å². The van der Waals surface area contributed by atoms with E-state index in [1.165, 1.54) is 11.8 Å². The molecule has 21 heavy (non-hydrogen) atoms. The van der Waals surface area contributed by atoms with Crippen LogP contribution in [0.2, 0.25) is 5.02 Å². The number of pyridine rings is 1. The predicted octanol–water partition coefficient (Wildman–Crippen LogP) is 3.60. The highest BCUT2D eigenvalue weighted by Crippen LogP contribution is 2.25. The molecule has 0 aliphatic heterocycles. The summed E-state index contributed by atoms with van der Waals surface area (Å²) in [4.78, 5) is 12.2. The smallest absolute Gasteiger partial charge is 0.380 e. The number of ether oxygens (including phenoxy) is 1. The van der Waals surface area contributed by atoms with Crippen molar-refractivity contribution in [1.82, 2.24) is 0 Å². The number of thiophene rings is 1. The molecule has 1 atom stereocenters. The zero-order chi connectivity index (χ0) is 14.8. The number of halogens is 1. The standard InChI is InChI=1S/C16H13ClNO2S/c1-20-16(19)15(12-4-2-3-5-13(12)17)18-8-6-14-11(10-18)7-9-21-14/h2-10,15H,1H3/q+1/t15-/m0/s1. The zero-order valence-electron chi connectivity index (χ0n) is 11.3. The van der Waals surface area contributed by atoms with E-state index >= 15 is 0 Å². The Hall–Kier alpha value is -1.91. The molecular weight excluding hydrogens is 306 g/mol. The molecular formula is C16H13ClNO2S+. The first-order chi connectivity index (χ1) is 10.2. The number of carbonyl (C=O) groups is 1. The summed E-state index contributed by atoms with van der Waals surface area (Å²) in [6, 6.07) is 10.7. The quantitative estimate of drug-likeness (QED) is 0.545. The van der Waals surface area contributed by atoms with E-state index in [4.69, 9.17) is 16.3 Å². The number of carbonyl (C=O) groups excluding carboxylic acids is 1. The lowest BCUT2D eigenvalue weighted by Crippen LogP contribution is -2.44.